The average Bonchev–Trinajstić information content (AvgIpc) is 3.29. The van der Waals surface area contributed by atoms with Crippen molar-refractivity contribution in [3.8, 4) is 10.4 Å². The zero-order valence-electron chi connectivity index (χ0n) is 18.5. The Bertz CT molecular complexity index is 1170. The van der Waals surface area contributed by atoms with Crippen LogP contribution in [-0.2, 0) is 22.7 Å². The highest BCUT2D eigenvalue weighted by atomic mass is 32.1. The van der Waals surface area contributed by atoms with Crippen LogP contribution >= 0.6 is 11.3 Å². The Morgan fingerprint density at radius 2 is 1.94 bits per heavy atom. The first kappa shape index (κ1) is 24.1. The molecule has 0 unspecified atom stereocenters. The van der Waals surface area contributed by atoms with E-state index >= 15 is 0 Å². The van der Waals surface area contributed by atoms with Gasteiger partial charge in [0.1, 0.15) is 12.1 Å². The summed E-state index contributed by atoms with van der Waals surface area (Å²) in [6, 6.07) is 16.4. The van der Waals surface area contributed by atoms with Gasteiger partial charge in [0.25, 0.3) is 5.91 Å². The van der Waals surface area contributed by atoms with Gasteiger partial charge >= 0.3 is 0 Å². The number of hydrogen-bond donors (Lipinski definition) is 2. The maximum absolute atomic E-state index is 14.1. The molecule has 0 spiro atoms. The largest absolute Gasteiger partial charge is 0.348 e. The van der Waals surface area contributed by atoms with Crippen molar-refractivity contribution in [3.63, 3.8) is 0 Å². The van der Waals surface area contributed by atoms with Gasteiger partial charge in [-0.2, -0.15) is 0 Å². The van der Waals surface area contributed by atoms with Crippen molar-refractivity contribution in [3.05, 3.63) is 101 Å². The molecule has 2 aromatic carbocycles. The van der Waals surface area contributed by atoms with E-state index in [1.807, 2.05) is 19.2 Å². The van der Waals surface area contributed by atoms with Crippen LogP contribution in [0, 0.1) is 5.82 Å². The van der Waals surface area contributed by atoms with Crippen LogP contribution in [0.25, 0.3) is 10.4 Å². The number of para-hydroxylation sites is 1. The summed E-state index contributed by atoms with van der Waals surface area (Å²) in [5.74, 6) is -0.771. The summed E-state index contributed by atoms with van der Waals surface area (Å²) in [6.07, 6.45) is 4.74. The molecule has 1 heterocycles. The summed E-state index contributed by atoms with van der Waals surface area (Å²) in [6.45, 7) is 1.10. The minimum Gasteiger partial charge on any atom is -0.348 e. The highest BCUT2D eigenvalue weighted by Gasteiger charge is 2.12. The van der Waals surface area contributed by atoms with Gasteiger partial charge in [0.05, 0.1) is 11.3 Å². The fourth-order valence-electron chi connectivity index (χ4n) is 3.36. The molecule has 3 rings (SSSR count). The summed E-state index contributed by atoms with van der Waals surface area (Å²) in [4.78, 5) is 26.4. The van der Waals surface area contributed by atoms with Crippen molar-refractivity contribution in [2.45, 2.75) is 13.1 Å². The lowest BCUT2D eigenvalue weighted by Crippen LogP contribution is -2.25. The zero-order chi connectivity index (χ0) is 23.6. The Balaban J connectivity index is 1.75. The number of thiophene rings is 1. The van der Waals surface area contributed by atoms with Gasteiger partial charge in [-0.05, 0) is 65.5 Å². The summed E-state index contributed by atoms with van der Waals surface area (Å²) in [7, 11) is 3.56. The third kappa shape index (κ3) is 6.47. The van der Waals surface area contributed by atoms with Gasteiger partial charge in [0, 0.05) is 31.2 Å². The monoisotopic (exact) mass is 463 g/mol. The van der Waals surface area contributed by atoms with E-state index in [2.05, 4.69) is 34.2 Å². The number of amides is 1. The van der Waals surface area contributed by atoms with E-state index in [-0.39, 0.29) is 11.5 Å². The van der Waals surface area contributed by atoms with E-state index < -0.39 is 5.82 Å². The normalized spacial score (nSPS) is 11.5. The number of benzene rings is 2. The number of carbonyl (C=O) groups is 2. The maximum atomic E-state index is 14.1. The van der Waals surface area contributed by atoms with Crippen LogP contribution in [0.1, 0.15) is 11.1 Å². The molecule has 33 heavy (non-hydrogen) atoms. The SMILES string of the molecule is CNCc1ccsc1-c1cccc(CNC(=O)C(/C=C\C=O)=C/N(C)c2ccccc2F)c1. The molecule has 0 radical (unpaired) electrons. The molecule has 0 saturated heterocycles. The molecule has 1 aromatic heterocycles. The smallest absolute Gasteiger partial charge is 0.253 e. The van der Waals surface area contributed by atoms with Crippen molar-refractivity contribution in [1.29, 1.82) is 0 Å². The van der Waals surface area contributed by atoms with Crippen molar-refractivity contribution in [2.75, 3.05) is 19.0 Å². The lowest BCUT2D eigenvalue weighted by Gasteiger charge is -2.16. The number of nitrogens with zero attached hydrogens (tertiary/aromatic N) is 1. The Morgan fingerprint density at radius 1 is 1.12 bits per heavy atom. The quantitative estimate of drug-likeness (QED) is 0.261. The van der Waals surface area contributed by atoms with Gasteiger partial charge in [-0.3, -0.25) is 9.59 Å². The fraction of sp³-hybridized carbons (Fsp3) is 0.154. The molecule has 0 aliphatic rings. The zero-order valence-corrected chi connectivity index (χ0v) is 19.4. The third-order valence-electron chi connectivity index (χ3n) is 4.94. The molecule has 0 atom stereocenters. The number of hydrogen-bond acceptors (Lipinski definition) is 5. The van der Waals surface area contributed by atoms with Gasteiger partial charge in [0.15, 0.2) is 0 Å². The highest BCUT2D eigenvalue weighted by molar-refractivity contribution is 7.13. The van der Waals surface area contributed by atoms with Crippen LogP contribution < -0.4 is 15.5 Å². The predicted octanol–water partition coefficient (Wildman–Crippen LogP) is 4.67. The third-order valence-corrected chi connectivity index (χ3v) is 5.94. The first-order chi connectivity index (χ1) is 16.0. The number of rotatable bonds is 10. The van der Waals surface area contributed by atoms with Crippen LogP contribution in [0.5, 0.6) is 0 Å². The van der Waals surface area contributed by atoms with Gasteiger partial charge in [0.2, 0.25) is 0 Å². The molecule has 1 amide bonds. The molecule has 0 saturated carbocycles. The van der Waals surface area contributed by atoms with E-state index in [4.69, 9.17) is 0 Å². The molecular weight excluding hydrogens is 437 g/mol. The van der Waals surface area contributed by atoms with E-state index in [1.165, 1.54) is 39.8 Å². The van der Waals surface area contributed by atoms with Crippen LogP contribution in [0.3, 0.4) is 0 Å². The minimum atomic E-state index is -0.404. The predicted molar refractivity (Wildman–Crippen MR) is 132 cm³/mol. The number of aldehydes is 1. The van der Waals surface area contributed by atoms with E-state index in [0.29, 0.717) is 18.5 Å². The Hall–Kier alpha value is -3.55. The molecule has 0 bridgehead atoms. The average molecular weight is 464 g/mol. The number of halogens is 1. The van der Waals surface area contributed by atoms with Gasteiger partial charge in [-0.1, -0.05) is 30.3 Å². The lowest BCUT2D eigenvalue weighted by molar-refractivity contribution is -0.117. The van der Waals surface area contributed by atoms with Gasteiger partial charge in [-0.25, -0.2) is 4.39 Å². The second kappa shape index (κ2) is 11.9. The first-order valence-corrected chi connectivity index (χ1v) is 11.3. The van der Waals surface area contributed by atoms with Gasteiger partial charge in [-0.15, -0.1) is 11.3 Å². The number of allylic oxidation sites excluding steroid dienone is 1. The van der Waals surface area contributed by atoms with Gasteiger partial charge < -0.3 is 15.5 Å². The van der Waals surface area contributed by atoms with Crippen LogP contribution in [0.2, 0.25) is 0 Å². The van der Waals surface area contributed by atoms with Crippen LogP contribution in [0.15, 0.2) is 83.9 Å². The Labute approximate surface area is 197 Å². The maximum Gasteiger partial charge on any atom is 0.253 e. The fourth-order valence-corrected chi connectivity index (χ4v) is 4.28. The highest BCUT2D eigenvalue weighted by Crippen LogP contribution is 2.30. The van der Waals surface area contributed by atoms with E-state index in [9.17, 15) is 14.0 Å². The van der Waals surface area contributed by atoms with Crippen molar-refractivity contribution < 1.29 is 14.0 Å². The Kier molecular flexibility index (Phi) is 8.69. The van der Waals surface area contributed by atoms with Crippen molar-refractivity contribution in [2.24, 2.45) is 0 Å². The molecule has 0 aliphatic carbocycles. The van der Waals surface area contributed by atoms with E-state index in [0.717, 1.165) is 17.7 Å². The molecule has 2 N–H and O–H groups in total. The molecular formula is C26H26FN3O2S. The minimum absolute atomic E-state index is 0.235. The lowest BCUT2D eigenvalue weighted by atomic mass is 10.1. The van der Waals surface area contributed by atoms with Crippen molar-refractivity contribution in [1.82, 2.24) is 10.6 Å². The second-order valence-corrected chi connectivity index (χ2v) is 8.25. The van der Waals surface area contributed by atoms with Crippen LogP contribution in [0.4, 0.5) is 10.1 Å². The Morgan fingerprint density at radius 3 is 2.70 bits per heavy atom. The summed E-state index contributed by atoms with van der Waals surface area (Å²) in [5, 5.41) is 8.14. The number of carbonyl (C=O) groups excluding carboxylic acids is 2. The molecule has 3 aromatic rings. The standard InChI is InChI=1S/C26H26FN3O2S/c1-28-17-21-12-14-33-25(21)20-8-5-7-19(15-20)16-29-26(32)22(9-6-13-31)18-30(2)24-11-4-3-10-23(24)27/h3-15,18,28H,16-17H2,1-2H3,(H,29,32)/b9-6-,22-18+. The molecule has 7 heteroatoms. The molecule has 170 valence electrons. The molecule has 0 aliphatic heterocycles. The summed E-state index contributed by atoms with van der Waals surface area (Å²) in [5.41, 5.74) is 3.83. The van der Waals surface area contributed by atoms with E-state index in [1.54, 1.807) is 36.6 Å². The van der Waals surface area contributed by atoms with Crippen molar-refractivity contribution >= 4 is 29.2 Å². The number of anilines is 1. The number of nitrogens with one attached hydrogen (secondary N) is 2. The topological polar surface area (TPSA) is 61.4 Å². The van der Waals surface area contributed by atoms with Crippen LogP contribution in [-0.4, -0.2) is 26.3 Å². The first-order valence-electron chi connectivity index (χ1n) is 10.4. The second-order valence-electron chi connectivity index (χ2n) is 7.33. The summed E-state index contributed by atoms with van der Waals surface area (Å²) >= 11 is 1.68. The molecule has 5 nitrogen and oxygen atoms in total. The molecule has 0 fully saturated rings. The summed E-state index contributed by atoms with van der Waals surface area (Å²) < 4.78 is 14.1.